The Morgan fingerprint density at radius 3 is 0.977 bits per heavy atom. The van der Waals surface area contributed by atoms with Crippen molar-refractivity contribution in [2.75, 3.05) is 80.5 Å². The molecule has 133 heavy (non-hydrogen) atoms. The van der Waals surface area contributed by atoms with Gasteiger partial charge < -0.3 is 19.6 Å². The lowest BCUT2D eigenvalue weighted by atomic mass is 9.98. The van der Waals surface area contributed by atoms with E-state index in [4.69, 9.17) is 0 Å². The van der Waals surface area contributed by atoms with E-state index in [1.54, 1.807) is 161 Å². The molecule has 678 valence electrons. The van der Waals surface area contributed by atoms with E-state index in [2.05, 4.69) is 96.8 Å². The summed E-state index contributed by atoms with van der Waals surface area (Å²) in [6.07, 6.45) is 21.8. The van der Waals surface area contributed by atoms with Crippen molar-refractivity contribution in [3.63, 3.8) is 0 Å². The normalized spacial score (nSPS) is 15.2. The van der Waals surface area contributed by atoms with Crippen molar-refractivity contribution in [3.8, 4) is 45.0 Å². The topological polar surface area (TPSA) is 285 Å². The van der Waals surface area contributed by atoms with Crippen LogP contribution < -0.4 is 0 Å². The molecular formula is C100H93F4N17O8S4. The number of rotatable bonds is 16. The van der Waals surface area contributed by atoms with Crippen molar-refractivity contribution in [2.24, 2.45) is 0 Å². The first-order valence-corrected chi connectivity index (χ1v) is 48.7. The summed E-state index contributed by atoms with van der Waals surface area (Å²) >= 11 is 0. The van der Waals surface area contributed by atoms with Crippen LogP contribution in [0, 0.1) is 33.5 Å². The predicted molar refractivity (Wildman–Crippen MR) is 510 cm³/mol. The number of alkyl halides is 3. The van der Waals surface area contributed by atoms with E-state index in [-0.39, 0.29) is 30.5 Å². The summed E-state index contributed by atoms with van der Waals surface area (Å²) in [5, 5.41) is 2.65. The molecule has 0 bridgehead atoms. The Bertz CT molecular complexity index is 7640. The molecule has 0 saturated carbocycles. The van der Waals surface area contributed by atoms with Crippen LogP contribution in [-0.2, 0) is 46.3 Å². The minimum Gasteiger partial charge on any atom is -0.302 e. The summed E-state index contributed by atoms with van der Waals surface area (Å²) in [6, 6.07) is 52.7. The molecule has 0 fully saturated rings. The minimum absolute atomic E-state index is 0.0111. The molecule has 33 heteroatoms. The van der Waals surface area contributed by atoms with Crippen molar-refractivity contribution in [1.82, 2.24) is 80.3 Å². The highest BCUT2D eigenvalue weighted by Gasteiger charge is 2.34. The fraction of sp³-hybridized carbons (Fsp3) is 0.210. The van der Waals surface area contributed by atoms with E-state index in [1.807, 2.05) is 81.7 Å². The van der Waals surface area contributed by atoms with E-state index >= 15 is 0 Å². The van der Waals surface area contributed by atoms with Crippen LogP contribution in [0.4, 0.5) is 17.6 Å². The molecule has 16 aromatic rings. The van der Waals surface area contributed by atoms with Gasteiger partial charge in [0.2, 0.25) is 0 Å². The zero-order valence-corrected chi connectivity index (χ0v) is 77.2. The number of halogens is 4. The highest BCUT2D eigenvalue weighted by molar-refractivity contribution is 7.91. The third kappa shape index (κ3) is 19.3. The molecule has 4 aliphatic heterocycles. The highest BCUT2D eigenvalue weighted by atomic mass is 32.2. The van der Waals surface area contributed by atoms with Crippen LogP contribution in [0.5, 0.6) is 0 Å². The third-order valence-electron chi connectivity index (χ3n) is 23.9. The van der Waals surface area contributed by atoms with E-state index in [0.717, 1.165) is 136 Å². The van der Waals surface area contributed by atoms with Gasteiger partial charge in [0.15, 0.2) is 5.65 Å². The van der Waals surface area contributed by atoms with Gasteiger partial charge in [-0.1, -0.05) is 91.0 Å². The minimum atomic E-state index is -4.54. The summed E-state index contributed by atoms with van der Waals surface area (Å²) in [5.41, 5.74) is 13.7. The fourth-order valence-electron chi connectivity index (χ4n) is 16.8. The summed E-state index contributed by atoms with van der Waals surface area (Å²) in [7, 11) is -7.57. The average Bonchev–Trinajstić information content (AvgIpc) is 1.64. The molecule has 7 aromatic carbocycles. The maximum atomic E-state index is 14.1. The molecule has 0 saturated heterocycles. The van der Waals surface area contributed by atoms with Crippen molar-refractivity contribution in [1.29, 1.82) is 0 Å². The molecule has 0 spiro atoms. The summed E-state index contributed by atoms with van der Waals surface area (Å²) < 4.78 is 170. The molecule has 0 atom stereocenters. The van der Waals surface area contributed by atoms with Crippen LogP contribution in [0.25, 0.3) is 111 Å². The second-order valence-corrected chi connectivity index (χ2v) is 40.5. The summed E-state index contributed by atoms with van der Waals surface area (Å²) in [4.78, 5) is 47.8. The quantitative estimate of drug-likeness (QED) is 0.0812. The molecular weight excluding hydrogens is 1770 g/mol. The summed E-state index contributed by atoms with van der Waals surface area (Å²) in [5.74, 6) is 2.04. The predicted octanol–water partition coefficient (Wildman–Crippen LogP) is 18.0. The van der Waals surface area contributed by atoms with Crippen LogP contribution in [0.1, 0.15) is 76.8 Å². The maximum Gasteiger partial charge on any atom is 0.416 e. The molecule has 4 aliphatic rings. The van der Waals surface area contributed by atoms with Gasteiger partial charge in [-0.15, -0.1) is 0 Å². The van der Waals surface area contributed by atoms with E-state index in [9.17, 15) is 51.2 Å². The van der Waals surface area contributed by atoms with Crippen molar-refractivity contribution >= 4 is 106 Å². The van der Waals surface area contributed by atoms with Gasteiger partial charge in [-0.25, -0.2) is 98.8 Å². The van der Waals surface area contributed by atoms with Gasteiger partial charge in [0.1, 0.15) is 29.1 Å². The lowest BCUT2D eigenvalue weighted by Crippen LogP contribution is -2.23. The SMILES string of the molecule is Cc1nccc(-c2cccc(S(=O)(=O)n3cc(C4=CCN(C)CC4)c4cc(C(F)(F)F)ccc43)c2)n1.Cc1nccc(-c2cccc(S(=O)(=O)n3cc(C4=CCN(C)CC4)c4cc(F)ccc43)c2)n1.Cc1nccc(-c2cccc(S(=O)(=O)n3cc(C4=CCN(C)CC4)c4ccccc43)c2)n1.Cc1nccc(-c2cccc(S(=O)(=O)n3cc(C4=CCN(C)CC4)c4cccnc43)c2)n1. The van der Waals surface area contributed by atoms with E-state index in [0.29, 0.717) is 97.8 Å². The second-order valence-electron chi connectivity index (χ2n) is 33.2. The van der Waals surface area contributed by atoms with E-state index in [1.165, 1.54) is 60.1 Å². The number of likely N-dealkylation sites (N-methyl/N-ethyl adjacent to an activating group) is 4. The van der Waals surface area contributed by atoms with Crippen molar-refractivity contribution < 1.29 is 51.2 Å². The molecule has 0 amide bonds. The number of aromatic nitrogens is 13. The Labute approximate surface area is 768 Å². The lowest BCUT2D eigenvalue weighted by molar-refractivity contribution is -0.137. The van der Waals surface area contributed by atoms with Gasteiger partial charge in [-0.2, -0.15) is 13.2 Å². The molecule has 9 aromatic heterocycles. The Balaban J connectivity index is 0.000000124. The molecule has 0 radical (unpaired) electrons. The zero-order valence-electron chi connectivity index (χ0n) is 74.0. The number of nitrogens with zero attached hydrogens (tertiary/aromatic N) is 17. The lowest BCUT2D eigenvalue weighted by Gasteiger charge is -2.21. The van der Waals surface area contributed by atoms with Crippen LogP contribution >= 0.6 is 0 Å². The maximum absolute atomic E-state index is 14.1. The Hall–Kier alpha value is -13.5. The van der Waals surface area contributed by atoms with Gasteiger partial charge >= 0.3 is 6.18 Å². The van der Waals surface area contributed by atoms with Gasteiger partial charge in [0, 0.05) is 174 Å². The molecule has 20 rings (SSSR count). The fourth-order valence-corrected chi connectivity index (χ4v) is 22.4. The number of hydrogen-bond acceptors (Lipinski definition) is 21. The van der Waals surface area contributed by atoms with Gasteiger partial charge in [-0.05, 0) is 231 Å². The molecule has 0 N–H and O–H groups in total. The third-order valence-corrected chi connectivity index (χ3v) is 30.6. The summed E-state index contributed by atoms with van der Waals surface area (Å²) in [6.45, 7) is 13.7. The Morgan fingerprint density at radius 1 is 0.308 bits per heavy atom. The van der Waals surface area contributed by atoms with Crippen molar-refractivity contribution in [3.05, 3.63) is 331 Å². The Morgan fingerprint density at radius 2 is 0.624 bits per heavy atom. The number of aryl methyl sites for hydroxylation is 4. The number of para-hydroxylation sites is 1. The van der Waals surface area contributed by atoms with Crippen LogP contribution in [-0.4, -0.2) is 195 Å². The number of pyridine rings is 1. The van der Waals surface area contributed by atoms with Crippen molar-refractivity contribution in [2.45, 2.75) is 79.1 Å². The Kier molecular flexibility index (Phi) is 25.9. The molecule has 0 aliphatic carbocycles. The van der Waals surface area contributed by atoms with Gasteiger partial charge in [0.05, 0.1) is 64.5 Å². The van der Waals surface area contributed by atoms with Crippen LogP contribution in [0.15, 0.2) is 294 Å². The van der Waals surface area contributed by atoms with Gasteiger partial charge in [-0.3, -0.25) is 0 Å². The smallest absolute Gasteiger partial charge is 0.302 e. The first-order chi connectivity index (χ1) is 63.7. The first-order valence-electron chi connectivity index (χ1n) is 43.0. The van der Waals surface area contributed by atoms with Gasteiger partial charge in [0.25, 0.3) is 40.1 Å². The molecule has 13 heterocycles. The van der Waals surface area contributed by atoms with E-state index < -0.39 is 57.7 Å². The largest absolute Gasteiger partial charge is 0.416 e. The standard InChI is InChI=1S/C26H23F3N4O2S.C25H23FN4O2S.C25H24N4O2S.C24H23N5O2S/c1-17-30-11-8-24(31-17)19-4-3-5-21(14-19)36(34,35)33-16-23(18-9-12-32(2)13-10-18)22-15-20(26(27,28)29)6-7-25(22)33;1-17-27-11-8-24(28-17)19-4-3-5-21(14-19)33(31,32)30-16-23(18-9-12-29(2)13-10-18)22-15-20(26)6-7-25(22)30;1-18-26-13-10-24(27-18)20-6-5-7-21(16-20)32(30,31)29-17-23(19-11-14-28(2)15-12-19)22-8-3-4-9-25(22)29;1-17-25-12-8-23(27-17)19-5-3-6-20(15-19)32(30,31)29-16-22(18-9-13-28(2)14-10-18)21-7-4-11-26-24(21)29/h3-9,11,14-16H,10,12-13H2,1-2H3;3-9,11,14-16H,10,12-13H2,1-2H3;3-11,13,16-17H,12,14-15H2,1-2H3;3-9,11-12,15-16H,10,13-14H2,1-2H3. The zero-order chi connectivity index (χ0) is 93.4. The van der Waals surface area contributed by atoms with Crippen LogP contribution in [0.2, 0.25) is 0 Å². The first kappa shape index (κ1) is 91.4. The highest BCUT2D eigenvalue weighted by Crippen LogP contribution is 2.42. The molecule has 25 nitrogen and oxygen atoms in total. The average molecular weight is 1870 g/mol. The molecule has 0 unspecified atom stereocenters. The number of benzene rings is 7. The monoisotopic (exact) mass is 1860 g/mol. The number of fused-ring (bicyclic) bond motifs is 4. The van der Waals surface area contributed by atoms with Crippen LogP contribution in [0.3, 0.4) is 0 Å². The second kappa shape index (κ2) is 37.6. The number of hydrogen-bond donors (Lipinski definition) is 0.